The zero-order valence-corrected chi connectivity index (χ0v) is 27.1. The average molecular weight is 630 g/mol. The molecule has 1 unspecified atom stereocenters. The molecule has 1 saturated heterocycles. The first-order valence-corrected chi connectivity index (χ1v) is 18.0. The summed E-state index contributed by atoms with van der Waals surface area (Å²) in [6.07, 6.45) is 4.54. The lowest BCUT2D eigenvalue weighted by atomic mass is 9.75. The minimum absolute atomic E-state index is 0.0711. The van der Waals surface area contributed by atoms with Crippen LogP contribution in [0.25, 0.3) is 0 Å². The molecule has 0 spiro atoms. The number of carboxylic acids is 1. The van der Waals surface area contributed by atoms with Gasteiger partial charge in [-0.25, -0.2) is 9.59 Å². The van der Waals surface area contributed by atoms with E-state index in [4.69, 9.17) is 4.74 Å². The van der Waals surface area contributed by atoms with Gasteiger partial charge in [0.2, 0.25) is 5.91 Å². The van der Waals surface area contributed by atoms with Crippen LogP contribution >= 0.6 is 18.6 Å². The molecule has 4 atom stereocenters. The lowest BCUT2D eigenvalue weighted by Crippen LogP contribution is -2.58. The molecule has 1 amide bonds. The smallest absolute Gasteiger partial charge is 0.353 e. The van der Waals surface area contributed by atoms with E-state index in [-0.39, 0.29) is 23.8 Å². The van der Waals surface area contributed by atoms with Gasteiger partial charge in [0, 0.05) is 13.0 Å². The quantitative estimate of drug-likeness (QED) is 0.128. The molecule has 6 nitrogen and oxygen atoms in total. The molecule has 0 aromatic heterocycles. The number of hydrogen-bond donors (Lipinski definition) is 1. The van der Waals surface area contributed by atoms with Crippen molar-refractivity contribution in [2.75, 3.05) is 0 Å². The number of carbonyl (C=O) groups is 3. The van der Waals surface area contributed by atoms with Crippen LogP contribution in [-0.4, -0.2) is 44.7 Å². The first-order valence-electron chi connectivity index (χ1n) is 15.2. The highest BCUT2D eigenvalue weighted by atomic mass is 32.2. The van der Waals surface area contributed by atoms with Gasteiger partial charge in [-0.05, 0) is 51.9 Å². The highest BCUT2D eigenvalue weighted by Gasteiger charge is 2.46. The van der Waals surface area contributed by atoms with Gasteiger partial charge >= 0.3 is 11.9 Å². The van der Waals surface area contributed by atoms with E-state index in [0.29, 0.717) is 17.8 Å². The molecule has 44 heavy (non-hydrogen) atoms. The van der Waals surface area contributed by atoms with E-state index in [1.807, 2.05) is 91.0 Å². The van der Waals surface area contributed by atoms with Crippen LogP contribution in [0.3, 0.4) is 0 Å². The summed E-state index contributed by atoms with van der Waals surface area (Å²) in [4.78, 5) is 41.1. The van der Waals surface area contributed by atoms with Crippen molar-refractivity contribution in [2.24, 2.45) is 17.8 Å². The van der Waals surface area contributed by atoms with Crippen LogP contribution in [0.15, 0.2) is 102 Å². The van der Waals surface area contributed by atoms with Gasteiger partial charge in [-0.15, -0.1) is 11.8 Å². The molecular formula is C36H40NO5PS. The van der Waals surface area contributed by atoms with Crippen molar-refractivity contribution in [3.8, 4) is 0 Å². The van der Waals surface area contributed by atoms with E-state index in [2.05, 4.69) is 20.8 Å². The van der Waals surface area contributed by atoms with Crippen LogP contribution in [0.4, 0.5) is 0 Å². The van der Waals surface area contributed by atoms with Crippen molar-refractivity contribution in [3.05, 3.63) is 102 Å². The predicted molar refractivity (Wildman–Crippen MR) is 181 cm³/mol. The SMILES string of the molecule is CC(C)[C@@H]1CC[C@H](C)CC1OC(=O)C=CS[C@H]1CC(=O)N1C(C(=O)O)=P(c1ccccc1)(c1ccccc1)c1ccccc1. The number of esters is 1. The van der Waals surface area contributed by atoms with Crippen molar-refractivity contribution in [3.63, 3.8) is 0 Å². The van der Waals surface area contributed by atoms with Gasteiger partial charge in [-0.3, -0.25) is 9.69 Å². The molecule has 8 heteroatoms. The minimum atomic E-state index is -3.02. The average Bonchev–Trinajstić information content (AvgIpc) is 3.02. The summed E-state index contributed by atoms with van der Waals surface area (Å²) >= 11 is 1.28. The maximum atomic E-state index is 13.4. The van der Waals surface area contributed by atoms with E-state index >= 15 is 0 Å². The van der Waals surface area contributed by atoms with Gasteiger partial charge in [-0.2, -0.15) is 0 Å². The number of β-lactam (4-membered cyclic amide) rings is 1. The maximum absolute atomic E-state index is 13.4. The molecule has 1 aliphatic heterocycles. The first-order chi connectivity index (χ1) is 21.2. The number of amides is 1. The number of ether oxygens (including phenoxy) is 1. The van der Waals surface area contributed by atoms with Crippen LogP contribution in [0.1, 0.15) is 46.5 Å². The second-order valence-electron chi connectivity index (χ2n) is 12.0. The zero-order valence-electron chi connectivity index (χ0n) is 25.4. The van der Waals surface area contributed by atoms with Crippen molar-refractivity contribution >= 4 is 57.8 Å². The minimum Gasteiger partial charge on any atom is -0.477 e. The van der Waals surface area contributed by atoms with Gasteiger partial charge in [0.15, 0.2) is 0 Å². The van der Waals surface area contributed by atoms with E-state index < -0.39 is 24.2 Å². The number of hydrogen-bond acceptors (Lipinski definition) is 5. The fourth-order valence-electron chi connectivity index (χ4n) is 6.55. The number of carboxylic acid groups (broad SMARTS) is 1. The summed E-state index contributed by atoms with van der Waals surface area (Å²) in [6, 6.07) is 28.9. The van der Waals surface area contributed by atoms with Gasteiger partial charge in [-0.1, -0.05) is 118 Å². The Morgan fingerprint density at radius 3 is 1.89 bits per heavy atom. The Morgan fingerprint density at radius 2 is 1.43 bits per heavy atom. The van der Waals surface area contributed by atoms with Gasteiger partial charge < -0.3 is 9.84 Å². The molecule has 2 fully saturated rings. The fraction of sp³-hybridized carbons (Fsp3) is 0.333. The van der Waals surface area contributed by atoms with Crippen LogP contribution in [0, 0.1) is 17.8 Å². The third-order valence-corrected chi connectivity index (χ3v) is 14.0. The van der Waals surface area contributed by atoms with E-state index in [0.717, 1.165) is 35.2 Å². The summed E-state index contributed by atoms with van der Waals surface area (Å²) < 4.78 is 5.92. The Balaban J connectivity index is 1.52. The molecule has 1 saturated carbocycles. The molecule has 2 aliphatic rings. The molecule has 230 valence electrons. The summed E-state index contributed by atoms with van der Waals surface area (Å²) in [6.45, 7) is 3.53. The number of thioether (sulfide) groups is 1. The lowest BCUT2D eigenvalue weighted by molar-refractivity contribution is -0.149. The molecule has 3 aromatic carbocycles. The first kappa shape index (κ1) is 31.9. The van der Waals surface area contributed by atoms with Crippen molar-refractivity contribution in [1.29, 1.82) is 0 Å². The summed E-state index contributed by atoms with van der Waals surface area (Å²) in [5.41, 5.74) is 0.0711. The Morgan fingerprint density at radius 1 is 0.909 bits per heavy atom. The van der Waals surface area contributed by atoms with Crippen molar-refractivity contribution in [1.82, 2.24) is 4.90 Å². The zero-order chi connectivity index (χ0) is 31.3. The van der Waals surface area contributed by atoms with Crippen LogP contribution in [0.5, 0.6) is 0 Å². The molecular weight excluding hydrogens is 589 g/mol. The summed E-state index contributed by atoms with van der Waals surface area (Å²) in [5.74, 6) is -0.498. The molecule has 1 N–H and O–H groups in total. The largest absolute Gasteiger partial charge is 0.477 e. The van der Waals surface area contributed by atoms with Crippen LogP contribution in [0.2, 0.25) is 0 Å². The Labute approximate surface area is 264 Å². The predicted octanol–water partition coefficient (Wildman–Crippen LogP) is 6.00. The number of rotatable bonds is 10. The molecule has 0 radical (unpaired) electrons. The third kappa shape index (κ3) is 6.45. The lowest BCUT2D eigenvalue weighted by Gasteiger charge is -2.43. The van der Waals surface area contributed by atoms with E-state index in [1.165, 1.54) is 22.7 Å². The van der Waals surface area contributed by atoms with E-state index in [1.54, 1.807) is 5.41 Å². The maximum Gasteiger partial charge on any atom is 0.353 e. The Hall–Kier alpha value is -3.54. The van der Waals surface area contributed by atoms with Gasteiger partial charge in [0.05, 0.1) is 11.8 Å². The standard InChI is InChI=1S/C36H40NO5PS/c1-25(2)30-20-19-26(3)23-31(30)42-34(39)21-22-44-33-24-32(38)37(33)35(36(40)41)43(27-13-7-4-8-14-27,28-15-9-5-10-16-28)29-17-11-6-12-18-29/h4-18,21-22,25-26,30-31,33H,19-20,23-24H2,1-3H3,(H,40,41)/t26-,30-,31?,33-/m0/s1. The highest BCUT2D eigenvalue weighted by Crippen LogP contribution is 2.49. The molecule has 0 bridgehead atoms. The molecule has 3 aromatic rings. The number of benzene rings is 3. The summed E-state index contributed by atoms with van der Waals surface area (Å²) in [5, 5.41) is 14.7. The van der Waals surface area contributed by atoms with Crippen molar-refractivity contribution in [2.45, 2.75) is 57.9 Å². The van der Waals surface area contributed by atoms with Crippen molar-refractivity contribution < 1.29 is 24.2 Å². The highest BCUT2D eigenvalue weighted by molar-refractivity contribution is 8.03. The molecule has 1 aliphatic carbocycles. The fourth-order valence-corrected chi connectivity index (χ4v) is 11.9. The Kier molecular flexibility index (Phi) is 10.2. The second kappa shape index (κ2) is 14.0. The topological polar surface area (TPSA) is 83.9 Å². The van der Waals surface area contributed by atoms with E-state index in [9.17, 15) is 19.5 Å². The summed E-state index contributed by atoms with van der Waals surface area (Å²) in [7, 11) is 0. The van der Waals surface area contributed by atoms with Gasteiger partial charge in [0.1, 0.15) is 11.5 Å². The normalized spacial score (nSPS) is 22.1. The second-order valence-corrected chi connectivity index (χ2v) is 16.4. The Bertz CT molecular complexity index is 1450. The number of carbonyl (C=O) groups excluding carboxylic acids is 2. The molecule has 5 rings (SSSR count). The third-order valence-electron chi connectivity index (χ3n) is 8.74. The molecule has 1 heterocycles. The number of nitrogens with zero attached hydrogens (tertiary/aromatic N) is 1. The monoisotopic (exact) mass is 629 g/mol. The number of likely N-dealkylation sites (tertiary alicyclic amines) is 1. The van der Waals surface area contributed by atoms with Crippen LogP contribution < -0.4 is 15.9 Å². The van der Waals surface area contributed by atoms with Crippen LogP contribution in [-0.2, 0) is 19.1 Å². The number of aliphatic carboxylic acids is 1. The van der Waals surface area contributed by atoms with Gasteiger partial charge in [0.25, 0.3) is 0 Å².